The van der Waals surface area contributed by atoms with E-state index < -0.39 is 60.5 Å². The average molecular weight is 596 g/mol. The minimum atomic E-state index is -1.63. The van der Waals surface area contributed by atoms with Gasteiger partial charge >= 0.3 is 5.97 Å². The molecule has 15 heteroatoms. The van der Waals surface area contributed by atoms with Gasteiger partial charge in [0.1, 0.15) is 36.2 Å². The first kappa shape index (κ1) is 29.9. The first-order chi connectivity index (χ1) is 20.0. The predicted octanol–water partition coefficient (Wildman–Crippen LogP) is 1.75. The Kier molecular flexibility index (Phi) is 8.80. The summed E-state index contributed by atoms with van der Waals surface area (Å²) in [4.78, 5) is 31.3. The van der Waals surface area contributed by atoms with Crippen LogP contribution in [0.2, 0.25) is 0 Å². The Balaban J connectivity index is 1.35. The van der Waals surface area contributed by atoms with E-state index in [0.29, 0.717) is 25.2 Å². The number of ether oxygens (including phenoxy) is 2. The molecule has 3 aliphatic rings. The highest BCUT2D eigenvalue weighted by atomic mass is 19.2. The van der Waals surface area contributed by atoms with Crippen molar-refractivity contribution in [3.05, 3.63) is 35.8 Å². The Morgan fingerprint density at radius 2 is 1.81 bits per heavy atom. The van der Waals surface area contributed by atoms with Crippen LogP contribution in [0, 0.1) is 23.4 Å². The average Bonchev–Trinajstić information content (AvgIpc) is 3.63. The molecule has 0 radical (unpaired) electrons. The van der Waals surface area contributed by atoms with E-state index in [1.54, 1.807) is 11.8 Å². The highest BCUT2D eigenvalue weighted by Gasteiger charge is 2.49. The molecule has 0 saturated carbocycles. The number of rotatable bonds is 7. The summed E-state index contributed by atoms with van der Waals surface area (Å²) in [7, 11) is 0. The second-order valence-electron chi connectivity index (χ2n) is 10.8. The summed E-state index contributed by atoms with van der Waals surface area (Å²) in [6, 6.07) is 0.402. The van der Waals surface area contributed by atoms with E-state index in [1.807, 2.05) is 0 Å². The molecule has 0 bridgehead atoms. The Morgan fingerprint density at radius 1 is 1.12 bits per heavy atom. The van der Waals surface area contributed by atoms with Crippen LogP contribution in [0.25, 0.3) is 11.3 Å². The molecule has 3 aliphatic heterocycles. The highest BCUT2D eigenvalue weighted by molar-refractivity contribution is 5.86. The van der Waals surface area contributed by atoms with Gasteiger partial charge in [0, 0.05) is 51.3 Å². The molecule has 12 nitrogen and oxygen atoms in total. The van der Waals surface area contributed by atoms with Gasteiger partial charge in [-0.15, -0.1) is 5.10 Å². The van der Waals surface area contributed by atoms with Crippen molar-refractivity contribution < 1.29 is 47.3 Å². The molecule has 2 aromatic rings. The molecule has 2 saturated heterocycles. The minimum absolute atomic E-state index is 0.0302. The predicted molar refractivity (Wildman–Crippen MR) is 138 cm³/mol. The number of esters is 1. The number of likely N-dealkylation sites (tertiary alicyclic amines) is 1. The van der Waals surface area contributed by atoms with Crippen LogP contribution >= 0.6 is 0 Å². The van der Waals surface area contributed by atoms with Crippen molar-refractivity contribution in [1.29, 1.82) is 0 Å². The molecule has 0 aliphatic carbocycles. The van der Waals surface area contributed by atoms with Crippen LogP contribution in [0.1, 0.15) is 45.6 Å². The number of hydrogen-bond acceptors (Lipinski definition) is 10. The number of aliphatic hydroxyl groups excluding tert-OH is 2. The lowest BCUT2D eigenvalue weighted by molar-refractivity contribution is -0.216. The van der Waals surface area contributed by atoms with E-state index in [0.717, 1.165) is 25.0 Å². The van der Waals surface area contributed by atoms with E-state index in [9.17, 15) is 33.0 Å². The van der Waals surface area contributed by atoms with Crippen LogP contribution in [0.3, 0.4) is 0 Å². The third kappa shape index (κ3) is 6.13. The molecule has 42 heavy (non-hydrogen) atoms. The van der Waals surface area contributed by atoms with Gasteiger partial charge in [-0.2, -0.15) is 0 Å². The fraction of sp³-hybridized carbons (Fsp3) is 0.593. The number of carbonyl (C=O) groups excluding carboxylic acids is 2. The first-order valence-corrected chi connectivity index (χ1v) is 13.7. The molecule has 1 aromatic carbocycles. The van der Waals surface area contributed by atoms with E-state index in [2.05, 4.69) is 15.5 Å². The Hall–Kier alpha value is -3.56. The fourth-order valence-corrected chi connectivity index (χ4v) is 5.88. The summed E-state index contributed by atoms with van der Waals surface area (Å²) in [6.45, 7) is 3.45. The summed E-state index contributed by atoms with van der Waals surface area (Å²) in [5.74, 6) is -4.88. The number of hydrogen-bond donors (Lipinski definition) is 2. The summed E-state index contributed by atoms with van der Waals surface area (Å²) < 4.78 is 53.9. The molecule has 5 rings (SSSR count). The van der Waals surface area contributed by atoms with E-state index >= 15 is 0 Å². The molecule has 6 atom stereocenters. The van der Waals surface area contributed by atoms with Crippen molar-refractivity contribution >= 4 is 17.6 Å². The number of benzene rings is 1. The number of carbonyl (C=O) groups is 2. The topological polar surface area (TPSA) is 149 Å². The Bertz CT molecular complexity index is 1330. The summed E-state index contributed by atoms with van der Waals surface area (Å²) in [6.07, 6.45) is -1.25. The molecule has 1 amide bonds. The van der Waals surface area contributed by atoms with Gasteiger partial charge in [0.15, 0.2) is 23.6 Å². The zero-order chi connectivity index (χ0) is 30.1. The van der Waals surface area contributed by atoms with Crippen molar-refractivity contribution in [1.82, 2.24) is 19.9 Å². The molecule has 0 spiro atoms. The van der Waals surface area contributed by atoms with Gasteiger partial charge in [0.05, 0.1) is 18.5 Å². The van der Waals surface area contributed by atoms with Crippen LogP contribution in [0.15, 0.2) is 23.5 Å². The van der Waals surface area contributed by atoms with Crippen LogP contribution in [0.4, 0.5) is 13.2 Å². The lowest BCUT2D eigenvalue weighted by Gasteiger charge is -2.43. The van der Waals surface area contributed by atoms with Gasteiger partial charge < -0.3 is 29.4 Å². The largest absolute Gasteiger partial charge is 0.457 e. The quantitative estimate of drug-likeness (QED) is 0.361. The van der Waals surface area contributed by atoms with E-state index in [4.69, 9.17) is 14.3 Å². The van der Waals surface area contributed by atoms with Crippen LogP contribution in [0.5, 0.6) is 0 Å². The Labute approximate surface area is 239 Å². The van der Waals surface area contributed by atoms with Crippen LogP contribution in [-0.2, 0) is 23.9 Å². The normalized spacial score (nSPS) is 28.4. The fourth-order valence-electron chi connectivity index (χ4n) is 5.88. The smallest absolute Gasteiger partial charge is 0.303 e. The molecule has 4 heterocycles. The monoisotopic (exact) mass is 595 g/mol. The minimum Gasteiger partial charge on any atom is -0.457 e. The zero-order valence-corrected chi connectivity index (χ0v) is 23.0. The van der Waals surface area contributed by atoms with Crippen molar-refractivity contribution in [2.45, 2.75) is 76.1 Å². The lowest BCUT2D eigenvalue weighted by atomic mass is 9.86. The third-order valence-corrected chi connectivity index (χ3v) is 8.06. The number of halogens is 3. The van der Waals surface area contributed by atoms with E-state index in [-0.39, 0.29) is 35.6 Å². The van der Waals surface area contributed by atoms with Gasteiger partial charge in [-0.25, -0.2) is 17.9 Å². The van der Waals surface area contributed by atoms with Gasteiger partial charge in [0.2, 0.25) is 5.91 Å². The van der Waals surface area contributed by atoms with Gasteiger partial charge in [-0.05, 0) is 25.0 Å². The molecule has 2 N–H and O–H groups in total. The third-order valence-electron chi connectivity index (χ3n) is 8.06. The number of nitrogens with zero attached hydrogens (tertiary/aromatic N) is 5. The maximum atomic E-state index is 13.8. The first-order valence-electron chi connectivity index (χ1n) is 13.7. The van der Waals surface area contributed by atoms with Gasteiger partial charge in [0.25, 0.3) is 0 Å². The lowest BCUT2D eigenvalue weighted by Crippen LogP contribution is -2.57. The van der Waals surface area contributed by atoms with Crippen molar-refractivity contribution in [3.8, 4) is 11.3 Å². The number of piperidine rings is 1. The molecular formula is C27H32F3N5O7. The second kappa shape index (κ2) is 12.4. The molecule has 1 unspecified atom stereocenters. The summed E-state index contributed by atoms with van der Waals surface area (Å²) in [5.41, 5.74) is 0.507. The highest BCUT2D eigenvalue weighted by Crippen LogP contribution is 2.36. The summed E-state index contributed by atoms with van der Waals surface area (Å²) in [5, 5.41) is 33.2. The number of oxime groups is 1. The Morgan fingerprint density at radius 3 is 2.43 bits per heavy atom. The van der Waals surface area contributed by atoms with Crippen molar-refractivity contribution in [3.63, 3.8) is 0 Å². The van der Waals surface area contributed by atoms with Crippen molar-refractivity contribution in [2.24, 2.45) is 11.1 Å². The maximum absolute atomic E-state index is 13.8. The van der Waals surface area contributed by atoms with Gasteiger partial charge in [-0.1, -0.05) is 10.4 Å². The zero-order valence-electron chi connectivity index (χ0n) is 23.0. The number of amides is 1. The molecule has 1 aromatic heterocycles. The SMILES string of the molecule is CC(=O)O[C@@H]1[C@@H](n2cc(-c3cc(F)c(F)c(F)c3)nn2)[C@@H](O)[C@@H](CO)O[C@@H]1CC1=NOC(C2CCN(C(C)=O)CC2)C1. The number of aromatic nitrogens is 3. The second-order valence-corrected chi connectivity index (χ2v) is 10.8. The molecule has 2 fully saturated rings. The van der Waals surface area contributed by atoms with Crippen LogP contribution in [-0.4, -0.2) is 97.9 Å². The standard InChI is InChI=1S/C27H32F3N5O7/c1-13(37)34-5-3-15(4-6-34)21-9-17(32-42-21)10-22-27(40-14(2)38)25(26(39)23(12-36)41-22)35-11-20(31-33-35)16-7-18(28)24(30)19(29)8-16/h7-8,11,15,21-23,25-27,36,39H,3-6,9-10,12H2,1-2H3/t21?,22-,23-,25+,26+,27+/m1/s1. The number of aliphatic hydroxyl groups is 2. The van der Waals surface area contributed by atoms with Crippen LogP contribution < -0.4 is 0 Å². The van der Waals surface area contributed by atoms with Gasteiger partial charge in [-0.3, -0.25) is 9.59 Å². The summed E-state index contributed by atoms with van der Waals surface area (Å²) >= 11 is 0. The van der Waals surface area contributed by atoms with Crippen molar-refractivity contribution in [2.75, 3.05) is 19.7 Å². The molecule has 228 valence electrons. The van der Waals surface area contributed by atoms with E-state index in [1.165, 1.54) is 17.8 Å². The molecular weight excluding hydrogens is 563 g/mol. The maximum Gasteiger partial charge on any atom is 0.303 e.